The Morgan fingerprint density at radius 3 is 2.59 bits per heavy atom. The molecule has 6 heteroatoms. The van der Waals surface area contributed by atoms with Crippen LogP contribution < -0.4 is 10.6 Å². The van der Waals surface area contributed by atoms with Gasteiger partial charge in [-0.1, -0.05) is 0 Å². The van der Waals surface area contributed by atoms with Crippen LogP contribution in [0.3, 0.4) is 0 Å². The van der Waals surface area contributed by atoms with Crippen LogP contribution in [-0.2, 0) is 15.6 Å². The largest absolute Gasteiger partial charge is 0.352 e. The van der Waals surface area contributed by atoms with Gasteiger partial charge in [0.05, 0.1) is 6.54 Å². The van der Waals surface area contributed by atoms with E-state index in [-0.39, 0.29) is 11.9 Å². The van der Waals surface area contributed by atoms with Crippen molar-refractivity contribution in [3.8, 4) is 0 Å². The van der Waals surface area contributed by atoms with Crippen LogP contribution in [0.2, 0.25) is 0 Å². The first-order chi connectivity index (χ1) is 8.24. The molecule has 0 bridgehead atoms. The van der Waals surface area contributed by atoms with Crippen LogP contribution in [0.4, 0.5) is 0 Å². The fourth-order valence-corrected chi connectivity index (χ4v) is 3.58. The minimum absolute atomic E-state index is 0.115. The van der Waals surface area contributed by atoms with Crippen LogP contribution in [0.5, 0.6) is 0 Å². The van der Waals surface area contributed by atoms with Gasteiger partial charge in [0.15, 0.2) is 0 Å². The average molecular weight is 259 g/mol. The van der Waals surface area contributed by atoms with Crippen molar-refractivity contribution < 1.29 is 9.00 Å². The maximum absolute atomic E-state index is 11.8. The second-order valence-electron chi connectivity index (χ2n) is 4.72. The van der Waals surface area contributed by atoms with E-state index < -0.39 is 10.8 Å². The Morgan fingerprint density at radius 1 is 1.29 bits per heavy atom. The summed E-state index contributed by atoms with van der Waals surface area (Å²) in [6, 6.07) is 0.239. The van der Waals surface area contributed by atoms with E-state index in [0.29, 0.717) is 6.54 Å². The molecule has 2 aliphatic heterocycles. The first-order valence-corrected chi connectivity index (χ1v) is 7.80. The molecule has 0 saturated carbocycles. The van der Waals surface area contributed by atoms with Crippen molar-refractivity contribution in [3.63, 3.8) is 0 Å². The van der Waals surface area contributed by atoms with Crippen molar-refractivity contribution in [1.82, 2.24) is 15.5 Å². The Kier molecular flexibility index (Phi) is 4.94. The van der Waals surface area contributed by atoms with Gasteiger partial charge in [-0.25, -0.2) is 0 Å². The molecule has 2 aliphatic rings. The van der Waals surface area contributed by atoms with Crippen LogP contribution >= 0.6 is 0 Å². The standard InChI is InChI=1S/C11H21N3O2S/c15-11(9-14-5-3-12-4-6-14)13-10-1-7-17(16)8-2-10/h10,12H,1-9H2,(H,13,15). The van der Waals surface area contributed by atoms with E-state index in [9.17, 15) is 9.00 Å². The highest BCUT2D eigenvalue weighted by molar-refractivity contribution is 7.85. The van der Waals surface area contributed by atoms with Gasteiger partial charge in [-0.2, -0.15) is 0 Å². The molecule has 0 aromatic heterocycles. The van der Waals surface area contributed by atoms with Gasteiger partial charge in [0.1, 0.15) is 0 Å². The molecule has 0 atom stereocenters. The van der Waals surface area contributed by atoms with Crippen molar-refractivity contribution >= 4 is 16.7 Å². The third-order valence-electron chi connectivity index (χ3n) is 3.33. The van der Waals surface area contributed by atoms with Crippen molar-refractivity contribution in [1.29, 1.82) is 0 Å². The van der Waals surface area contributed by atoms with Gasteiger partial charge in [-0.15, -0.1) is 0 Å². The fraction of sp³-hybridized carbons (Fsp3) is 0.909. The second-order valence-corrected chi connectivity index (χ2v) is 6.41. The molecule has 17 heavy (non-hydrogen) atoms. The maximum atomic E-state index is 11.8. The highest BCUT2D eigenvalue weighted by Gasteiger charge is 2.20. The summed E-state index contributed by atoms with van der Waals surface area (Å²) in [5, 5.41) is 6.32. The zero-order chi connectivity index (χ0) is 12.1. The Bertz CT molecular complexity index is 282. The van der Waals surface area contributed by atoms with E-state index in [4.69, 9.17) is 0 Å². The van der Waals surface area contributed by atoms with Crippen molar-refractivity contribution in [2.75, 3.05) is 44.2 Å². The molecule has 0 spiro atoms. The van der Waals surface area contributed by atoms with E-state index in [1.54, 1.807) is 0 Å². The summed E-state index contributed by atoms with van der Waals surface area (Å²) in [7, 11) is -0.652. The summed E-state index contributed by atoms with van der Waals surface area (Å²) in [4.78, 5) is 14.0. The number of rotatable bonds is 3. The summed E-state index contributed by atoms with van der Waals surface area (Å²) in [5.41, 5.74) is 0. The van der Waals surface area contributed by atoms with Crippen LogP contribution in [0.15, 0.2) is 0 Å². The number of hydrogen-bond donors (Lipinski definition) is 2. The molecule has 5 nitrogen and oxygen atoms in total. The lowest BCUT2D eigenvalue weighted by Crippen LogP contribution is -2.49. The summed E-state index contributed by atoms with van der Waals surface area (Å²) in [6.07, 6.45) is 1.72. The quantitative estimate of drug-likeness (QED) is 0.677. The second kappa shape index (κ2) is 6.47. The van der Waals surface area contributed by atoms with Gasteiger partial charge in [-0.3, -0.25) is 13.9 Å². The molecule has 0 aliphatic carbocycles. The smallest absolute Gasteiger partial charge is 0.234 e. The number of piperazine rings is 1. The molecular formula is C11H21N3O2S. The normalized spacial score (nSPS) is 31.1. The number of hydrogen-bond acceptors (Lipinski definition) is 4. The van der Waals surface area contributed by atoms with E-state index in [2.05, 4.69) is 15.5 Å². The Labute approximate surface area is 105 Å². The number of amides is 1. The first kappa shape index (κ1) is 13.0. The molecule has 98 valence electrons. The number of carbonyl (C=O) groups is 1. The Morgan fingerprint density at radius 2 is 1.94 bits per heavy atom. The van der Waals surface area contributed by atoms with Crippen LogP contribution in [0.1, 0.15) is 12.8 Å². The molecule has 0 radical (unpaired) electrons. The lowest BCUT2D eigenvalue weighted by atomic mass is 10.1. The molecule has 2 saturated heterocycles. The SMILES string of the molecule is O=C(CN1CCNCC1)NC1CCS(=O)CC1. The molecule has 0 aromatic carbocycles. The van der Waals surface area contributed by atoms with Gasteiger partial charge in [0.2, 0.25) is 5.91 Å². The highest BCUT2D eigenvalue weighted by atomic mass is 32.2. The van der Waals surface area contributed by atoms with Gasteiger partial charge in [0.25, 0.3) is 0 Å². The topological polar surface area (TPSA) is 61.4 Å². The first-order valence-electron chi connectivity index (χ1n) is 6.31. The van der Waals surface area contributed by atoms with E-state index in [1.807, 2.05) is 0 Å². The summed E-state index contributed by atoms with van der Waals surface area (Å²) in [5.74, 6) is 1.58. The fourth-order valence-electron chi connectivity index (χ4n) is 2.28. The summed E-state index contributed by atoms with van der Waals surface area (Å²) in [6.45, 7) is 4.33. The zero-order valence-corrected chi connectivity index (χ0v) is 10.9. The predicted molar refractivity (Wildman–Crippen MR) is 68.4 cm³/mol. The predicted octanol–water partition coefficient (Wildman–Crippen LogP) is -1.08. The highest BCUT2D eigenvalue weighted by Crippen LogP contribution is 2.08. The number of nitrogens with one attached hydrogen (secondary N) is 2. The van der Waals surface area contributed by atoms with Crippen molar-refractivity contribution in [2.45, 2.75) is 18.9 Å². The number of carbonyl (C=O) groups excluding carboxylic acids is 1. The summed E-state index contributed by atoms with van der Waals surface area (Å²) < 4.78 is 11.2. The molecule has 0 unspecified atom stereocenters. The minimum Gasteiger partial charge on any atom is -0.352 e. The molecule has 1 amide bonds. The molecule has 2 rings (SSSR count). The molecule has 0 aromatic rings. The molecule has 2 N–H and O–H groups in total. The van der Waals surface area contributed by atoms with Crippen LogP contribution in [-0.4, -0.2) is 65.3 Å². The van der Waals surface area contributed by atoms with Gasteiger partial charge < -0.3 is 10.6 Å². The zero-order valence-electron chi connectivity index (χ0n) is 10.1. The third-order valence-corrected chi connectivity index (χ3v) is 4.71. The van der Waals surface area contributed by atoms with Crippen molar-refractivity contribution in [3.05, 3.63) is 0 Å². The lowest BCUT2D eigenvalue weighted by Gasteiger charge is -2.28. The maximum Gasteiger partial charge on any atom is 0.234 e. The van der Waals surface area contributed by atoms with Gasteiger partial charge in [-0.05, 0) is 12.8 Å². The van der Waals surface area contributed by atoms with E-state index in [0.717, 1.165) is 50.5 Å². The molecule has 2 fully saturated rings. The minimum atomic E-state index is -0.652. The van der Waals surface area contributed by atoms with E-state index >= 15 is 0 Å². The third kappa shape index (κ3) is 4.37. The van der Waals surface area contributed by atoms with Crippen molar-refractivity contribution in [2.24, 2.45) is 0 Å². The molecule has 2 heterocycles. The van der Waals surface area contributed by atoms with Crippen LogP contribution in [0, 0.1) is 0 Å². The lowest BCUT2D eigenvalue weighted by molar-refractivity contribution is -0.123. The van der Waals surface area contributed by atoms with E-state index in [1.165, 1.54) is 0 Å². The van der Waals surface area contributed by atoms with Crippen LogP contribution in [0.25, 0.3) is 0 Å². The van der Waals surface area contributed by atoms with Gasteiger partial charge >= 0.3 is 0 Å². The molecular weight excluding hydrogens is 238 g/mol. The van der Waals surface area contributed by atoms with Gasteiger partial charge in [0, 0.05) is 54.5 Å². The summed E-state index contributed by atoms with van der Waals surface area (Å²) >= 11 is 0. The average Bonchev–Trinajstić information content (AvgIpc) is 2.33. The Hall–Kier alpha value is -0.460. The monoisotopic (exact) mass is 259 g/mol. The Balaban J connectivity index is 1.67. The number of nitrogens with zero attached hydrogens (tertiary/aromatic N) is 1.